The van der Waals surface area contributed by atoms with E-state index in [4.69, 9.17) is 0 Å². The summed E-state index contributed by atoms with van der Waals surface area (Å²) in [4.78, 5) is 31.8. The number of pyridine rings is 1. The highest BCUT2D eigenvalue weighted by Gasteiger charge is 2.31. The van der Waals surface area contributed by atoms with Crippen LogP contribution in [0.15, 0.2) is 12.1 Å². The maximum absolute atomic E-state index is 12.3. The highest BCUT2D eigenvalue weighted by molar-refractivity contribution is 5.99. The number of rotatable bonds is 3. The van der Waals surface area contributed by atoms with E-state index in [1.165, 1.54) is 4.90 Å². The third kappa shape index (κ3) is 2.63. The van der Waals surface area contributed by atoms with Crippen molar-refractivity contribution in [1.29, 1.82) is 0 Å². The highest BCUT2D eigenvalue weighted by Crippen LogP contribution is 2.26. The van der Waals surface area contributed by atoms with Crippen molar-refractivity contribution in [2.45, 2.75) is 25.4 Å². The molecule has 1 fully saturated rings. The first-order valence-corrected chi connectivity index (χ1v) is 7.29. The van der Waals surface area contributed by atoms with Gasteiger partial charge in [-0.25, -0.2) is 0 Å². The predicted octanol–water partition coefficient (Wildman–Crippen LogP) is 0.550. The molecule has 0 bridgehead atoms. The Labute approximate surface area is 124 Å². The summed E-state index contributed by atoms with van der Waals surface area (Å²) in [6, 6.07) is 4.07. The van der Waals surface area contributed by atoms with Crippen molar-refractivity contribution in [2.24, 2.45) is 0 Å². The summed E-state index contributed by atoms with van der Waals surface area (Å²) in [7, 11) is 3.39. The topological polar surface area (TPSA) is 65.5 Å². The Morgan fingerprint density at radius 1 is 1.48 bits per heavy atom. The molecule has 6 heteroatoms. The molecular weight excluding hydrogens is 268 g/mol. The Morgan fingerprint density at radius 3 is 2.95 bits per heavy atom. The molecule has 6 nitrogen and oxygen atoms in total. The van der Waals surface area contributed by atoms with Gasteiger partial charge in [0.2, 0.25) is 5.91 Å². The minimum Gasteiger partial charge on any atom is -0.347 e. The van der Waals surface area contributed by atoms with E-state index in [1.807, 2.05) is 12.1 Å². The lowest BCUT2D eigenvalue weighted by Gasteiger charge is -2.17. The van der Waals surface area contributed by atoms with Crippen molar-refractivity contribution in [1.82, 2.24) is 20.1 Å². The maximum Gasteiger partial charge on any atom is 0.256 e. The number of fused-ring (bicyclic) bond motifs is 1. The zero-order valence-electron chi connectivity index (χ0n) is 12.4. The standard InChI is InChI=1S/C15H20N4O2/c1-18(2)14(20)9-19-8-13-10(15(19)21)5-6-12(17-13)11-4-3-7-16-11/h5-6,11,16H,3-4,7-9H2,1-2H3. The lowest BCUT2D eigenvalue weighted by Crippen LogP contribution is -2.36. The third-order valence-corrected chi connectivity index (χ3v) is 4.10. The first kappa shape index (κ1) is 14.0. The quantitative estimate of drug-likeness (QED) is 0.882. The smallest absolute Gasteiger partial charge is 0.256 e. The van der Waals surface area contributed by atoms with Gasteiger partial charge in [0.15, 0.2) is 0 Å². The number of aromatic nitrogens is 1. The number of carbonyl (C=O) groups excluding carboxylic acids is 2. The summed E-state index contributed by atoms with van der Waals surface area (Å²) in [6.45, 7) is 1.55. The summed E-state index contributed by atoms with van der Waals surface area (Å²) >= 11 is 0. The van der Waals surface area contributed by atoms with Crippen molar-refractivity contribution in [2.75, 3.05) is 27.2 Å². The van der Waals surface area contributed by atoms with Crippen molar-refractivity contribution >= 4 is 11.8 Å². The summed E-state index contributed by atoms with van der Waals surface area (Å²) in [5, 5.41) is 3.41. The van der Waals surface area contributed by atoms with Gasteiger partial charge in [-0.2, -0.15) is 0 Å². The molecule has 1 unspecified atom stereocenters. The van der Waals surface area contributed by atoms with Crippen LogP contribution in [-0.4, -0.2) is 53.8 Å². The van der Waals surface area contributed by atoms with E-state index < -0.39 is 0 Å². The molecule has 2 amide bonds. The Kier molecular flexibility index (Phi) is 3.63. The van der Waals surface area contributed by atoms with Crippen LogP contribution in [-0.2, 0) is 11.3 Å². The second-order valence-electron chi connectivity index (χ2n) is 5.83. The fourth-order valence-corrected chi connectivity index (χ4v) is 2.82. The van der Waals surface area contributed by atoms with E-state index in [0.717, 1.165) is 30.8 Å². The van der Waals surface area contributed by atoms with Gasteiger partial charge < -0.3 is 15.1 Å². The molecule has 1 atom stereocenters. The fourth-order valence-electron chi connectivity index (χ4n) is 2.82. The highest BCUT2D eigenvalue weighted by atomic mass is 16.2. The van der Waals surface area contributed by atoms with Crippen LogP contribution in [0.2, 0.25) is 0 Å². The Hall–Kier alpha value is -1.95. The minimum absolute atomic E-state index is 0.0751. The molecule has 2 aliphatic heterocycles. The molecule has 0 radical (unpaired) electrons. The molecule has 112 valence electrons. The molecule has 1 N–H and O–H groups in total. The number of carbonyl (C=O) groups is 2. The van der Waals surface area contributed by atoms with Crippen LogP contribution in [0.4, 0.5) is 0 Å². The number of hydrogen-bond acceptors (Lipinski definition) is 4. The van der Waals surface area contributed by atoms with Gasteiger partial charge >= 0.3 is 0 Å². The number of amides is 2. The maximum atomic E-state index is 12.3. The zero-order valence-corrected chi connectivity index (χ0v) is 12.4. The van der Waals surface area contributed by atoms with E-state index in [2.05, 4.69) is 10.3 Å². The fraction of sp³-hybridized carbons (Fsp3) is 0.533. The number of likely N-dealkylation sites (N-methyl/N-ethyl adjacent to an activating group) is 1. The molecule has 21 heavy (non-hydrogen) atoms. The summed E-state index contributed by atoms with van der Waals surface area (Å²) in [5.41, 5.74) is 2.42. The van der Waals surface area contributed by atoms with Crippen molar-refractivity contribution < 1.29 is 9.59 Å². The number of nitrogens with one attached hydrogen (secondary N) is 1. The normalized spacial score (nSPS) is 20.8. The molecular formula is C15H20N4O2. The lowest BCUT2D eigenvalue weighted by atomic mass is 10.1. The van der Waals surface area contributed by atoms with Crippen LogP contribution in [0.1, 0.15) is 40.6 Å². The van der Waals surface area contributed by atoms with Gasteiger partial charge in [0.1, 0.15) is 6.54 Å². The van der Waals surface area contributed by atoms with Crippen molar-refractivity contribution in [3.8, 4) is 0 Å². The first-order chi connectivity index (χ1) is 10.1. The molecule has 3 rings (SSSR count). The summed E-state index contributed by atoms with van der Waals surface area (Å²) < 4.78 is 0. The SMILES string of the molecule is CN(C)C(=O)CN1Cc2nc(C3CCCN3)ccc2C1=O. The number of hydrogen-bond donors (Lipinski definition) is 1. The monoisotopic (exact) mass is 288 g/mol. The van der Waals surface area contributed by atoms with Gasteiger partial charge in [-0.1, -0.05) is 0 Å². The van der Waals surface area contributed by atoms with Crippen LogP contribution < -0.4 is 5.32 Å². The Balaban J connectivity index is 1.77. The van der Waals surface area contributed by atoms with Crippen LogP contribution in [0, 0.1) is 0 Å². The average Bonchev–Trinajstić information content (AvgIpc) is 3.08. The minimum atomic E-state index is -0.0985. The largest absolute Gasteiger partial charge is 0.347 e. The van der Waals surface area contributed by atoms with Crippen LogP contribution in [0.3, 0.4) is 0 Å². The van der Waals surface area contributed by atoms with E-state index >= 15 is 0 Å². The molecule has 0 spiro atoms. The van der Waals surface area contributed by atoms with Gasteiger partial charge in [0.25, 0.3) is 5.91 Å². The van der Waals surface area contributed by atoms with Crippen molar-refractivity contribution in [3.63, 3.8) is 0 Å². The molecule has 0 aromatic carbocycles. The van der Waals surface area contributed by atoms with E-state index in [1.54, 1.807) is 19.0 Å². The van der Waals surface area contributed by atoms with Gasteiger partial charge in [0.05, 0.1) is 23.5 Å². The molecule has 0 aliphatic carbocycles. The van der Waals surface area contributed by atoms with E-state index in [-0.39, 0.29) is 18.4 Å². The van der Waals surface area contributed by atoms with E-state index in [9.17, 15) is 9.59 Å². The average molecular weight is 288 g/mol. The molecule has 1 aromatic rings. The summed E-state index contributed by atoms with van der Waals surface area (Å²) in [6.07, 6.45) is 2.24. The van der Waals surface area contributed by atoms with Gasteiger partial charge in [-0.15, -0.1) is 0 Å². The molecule has 1 saturated heterocycles. The molecule has 1 aromatic heterocycles. The second kappa shape index (κ2) is 5.44. The third-order valence-electron chi connectivity index (χ3n) is 4.10. The van der Waals surface area contributed by atoms with Crippen LogP contribution in [0.5, 0.6) is 0 Å². The van der Waals surface area contributed by atoms with Crippen LogP contribution >= 0.6 is 0 Å². The van der Waals surface area contributed by atoms with Gasteiger partial charge in [-0.05, 0) is 31.5 Å². The molecule has 2 aliphatic rings. The van der Waals surface area contributed by atoms with Gasteiger partial charge in [-0.3, -0.25) is 14.6 Å². The van der Waals surface area contributed by atoms with Gasteiger partial charge in [0, 0.05) is 20.1 Å². The predicted molar refractivity (Wildman–Crippen MR) is 77.6 cm³/mol. The second-order valence-corrected chi connectivity index (χ2v) is 5.83. The van der Waals surface area contributed by atoms with Crippen LogP contribution in [0.25, 0.3) is 0 Å². The zero-order chi connectivity index (χ0) is 15.0. The van der Waals surface area contributed by atoms with Crippen molar-refractivity contribution in [3.05, 3.63) is 29.1 Å². The molecule has 3 heterocycles. The lowest BCUT2D eigenvalue weighted by molar-refractivity contribution is -0.129. The van der Waals surface area contributed by atoms with E-state index in [0.29, 0.717) is 18.2 Å². The summed E-state index contributed by atoms with van der Waals surface area (Å²) in [5.74, 6) is -0.174. The molecule has 0 saturated carbocycles. The first-order valence-electron chi connectivity index (χ1n) is 7.29. The Morgan fingerprint density at radius 2 is 2.29 bits per heavy atom. The number of nitrogens with zero attached hydrogens (tertiary/aromatic N) is 3. The Bertz CT molecular complexity index is 579.